The van der Waals surface area contributed by atoms with Crippen molar-refractivity contribution in [2.45, 2.75) is 32.4 Å². The molecule has 0 amide bonds. The smallest absolute Gasteiger partial charge is 0.416 e. The quantitative estimate of drug-likeness (QED) is 0.652. The summed E-state index contributed by atoms with van der Waals surface area (Å²) >= 11 is 0. The van der Waals surface area contributed by atoms with Crippen LogP contribution in [0.5, 0.6) is 5.75 Å². The van der Waals surface area contributed by atoms with Crippen LogP contribution in [0.25, 0.3) is 11.1 Å². The summed E-state index contributed by atoms with van der Waals surface area (Å²) in [6.45, 7) is 3.55. The highest BCUT2D eigenvalue weighted by Crippen LogP contribution is 2.43. The lowest BCUT2D eigenvalue weighted by molar-refractivity contribution is -0.143. The summed E-state index contributed by atoms with van der Waals surface area (Å²) in [4.78, 5) is 24.8. The van der Waals surface area contributed by atoms with Gasteiger partial charge in [-0.3, -0.25) is 4.79 Å². The van der Waals surface area contributed by atoms with Gasteiger partial charge in [-0.05, 0) is 49.2 Å². The second kappa shape index (κ2) is 9.33. The maximum atomic E-state index is 12.9. The second-order valence-electron chi connectivity index (χ2n) is 6.99. The van der Waals surface area contributed by atoms with E-state index in [-0.39, 0.29) is 31.1 Å². The van der Waals surface area contributed by atoms with Gasteiger partial charge in [0.15, 0.2) is 0 Å². The van der Waals surface area contributed by atoms with E-state index in [2.05, 4.69) is 0 Å². The zero-order chi connectivity index (χ0) is 23.5. The number of alkyl halides is 3. The Morgan fingerprint density at radius 2 is 1.62 bits per heavy atom. The molecule has 1 aliphatic rings. The number of carbonyl (C=O) groups excluding carboxylic acids is 2. The number of esters is 2. The summed E-state index contributed by atoms with van der Waals surface area (Å²) in [6.07, 6.45) is -4.63. The molecule has 1 atom stereocenters. The van der Waals surface area contributed by atoms with E-state index in [1.54, 1.807) is 32.0 Å². The number of hydrogen-bond donors (Lipinski definition) is 1. The summed E-state index contributed by atoms with van der Waals surface area (Å²) in [5.74, 6) is -1.90. The van der Waals surface area contributed by atoms with Crippen molar-refractivity contribution in [3.05, 3.63) is 65.0 Å². The summed E-state index contributed by atoms with van der Waals surface area (Å²) in [7, 11) is 0. The molecule has 0 radical (unpaired) electrons. The molecule has 3 rings (SSSR count). The van der Waals surface area contributed by atoms with Gasteiger partial charge in [0.2, 0.25) is 5.88 Å². The normalized spacial score (nSPS) is 15.6. The SMILES string of the molecule is CCOC(=O)CC1C(C(=O)OCC)=C(N)Oc2ccc(-c3ccc(C(F)(F)F)cc3)cc21. The van der Waals surface area contributed by atoms with Gasteiger partial charge in [-0.1, -0.05) is 18.2 Å². The van der Waals surface area contributed by atoms with Crippen LogP contribution in [0.15, 0.2) is 53.9 Å². The third-order valence-corrected chi connectivity index (χ3v) is 4.94. The maximum absolute atomic E-state index is 12.9. The molecule has 9 heteroatoms. The van der Waals surface area contributed by atoms with E-state index in [0.29, 0.717) is 22.4 Å². The third-order valence-electron chi connectivity index (χ3n) is 4.94. The summed E-state index contributed by atoms with van der Waals surface area (Å²) in [5.41, 5.74) is 6.79. The number of nitrogens with two attached hydrogens (primary N) is 1. The molecule has 32 heavy (non-hydrogen) atoms. The van der Waals surface area contributed by atoms with Gasteiger partial charge in [0.1, 0.15) is 11.3 Å². The average Bonchev–Trinajstić information content (AvgIpc) is 2.73. The Morgan fingerprint density at radius 3 is 2.22 bits per heavy atom. The second-order valence-corrected chi connectivity index (χ2v) is 6.99. The van der Waals surface area contributed by atoms with Crippen molar-refractivity contribution in [1.82, 2.24) is 0 Å². The topological polar surface area (TPSA) is 87.9 Å². The van der Waals surface area contributed by atoms with Gasteiger partial charge >= 0.3 is 18.1 Å². The molecule has 2 aromatic rings. The molecule has 0 saturated heterocycles. The van der Waals surface area contributed by atoms with Crippen LogP contribution in [-0.4, -0.2) is 25.2 Å². The first-order valence-electron chi connectivity index (χ1n) is 9.97. The molecule has 0 aliphatic carbocycles. The lowest BCUT2D eigenvalue weighted by atomic mass is 9.84. The van der Waals surface area contributed by atoms with E-state index < -0.39 is 29.6 Å². The Morgan fingerprint density at radius 1 is 1.00 bits per heavy atom. The molecule has 0 saturated carbocycles. The highest BCUT2D eigenvalue weighted by molar-refractivity contribution is 5.93. The number of rotatable bonds is 6. The molecule has 1 aliphatic heterocycles. The molecule has 0 bridgehead atoms. The Kier molecular flexibility index (Phi) is 6.76. The van der Waals surface area contributed by atoms with Crippen LogP contribution in [0.1, 0.15) is 37.3 Å². The van der Waals surface area contributed by atoms with Crippen LogP contribution in [0.2, 0.25) is 0 Å². The van der Waals surface area contributed by atoms with E-state index in [1.165, 1.54) is 12.1 Å². The van der Waals surface area contributed by atoms with E-state index in [4.69, 9.17) is 19.9 Å². The summed E-state index contributed by atoms with van der Waals surface area (Å²) in [6, 6.07) is 9.59. The van der Waals surface area contributed by atoms with Crippen molar-refractivity contribution in [3.63, 3.8) is 0 Å². The zero-order valence-electron chi connectivity index (χ0n) is 17.5. The van der Waals surface area contributed by atoms with Crippen molar-refractivity contribution >= 4 is 11.9 Å². The van der Waals surface area contributed by atoms with Crippen LogP contribution in [0.4, 0.5) is 13.2 Å². The first-order valence-corrected chi connectivity index (χ1v) is 9.97. The van der Waals surface area contributed by atoms with E-state index in [0.717, 1.165) is 12.1 Å². The number of halogens is 3. The number of benzene rings is 2. The highest BCUT2D eigenvalue weighted by Gasteiger charge is 2.36. The zero-order valence-corrected chi connectivity index (χ0v) is 17.5. The monoisotopic (exact) mass is 449 g/mol. The van der Waals surface area contributed by atoms with Crippen molar-refractivity contribution < 1.29 is 37.0 Å². The van der Waals surface area contributed by atoms with Gasteiger partial charge in [0, 0.05) is 11.5 Å². The molecule has 2 N–H and O–H groups in total. The van der Waals surface area contributed by atoms with E-state index in [1.807, 2.05) is 0 Å². The minimum absolute atomic E-state index is 0.00280. The first-order chi connectivity index (χ1) is 15.2. The lowest BCUT2D eigenvalue weighted by Gasteiger charge is -2.28. The van der Waals surface area contributed by atoms with Gasteiger partial charge in [0.25, 0.3) is 0 Å². The van der Waals surface area contributed by atoms with E-state index >= 15 is 0 Å². The van der Waals surface area contributed by atoms with Crippen LogP contribution >= 0.6 is 0 Å². The molecule has 2 aromatic carbocycles. The van der Waals surface area contributed by atoms with Crippen LogP contribution in [-0.2, 0) is 25.2 Å². The Bertz CT molecular complexity index is 1040. The van der Waals surface area contributed by atoms with Crippen molar-refractivity contribution in [2.75, 3.05) is 13.2 Å². The van der Waals surface area contributed by atoms with Crippen molar-refractivity contribution in [1.29, 1.82) is 0 Å². The van der Waals surface area contributed by atoms with Crippen LogP contribution in [0.3, 0.4) is 0 Å². The average molecular weight is 449 g/mol. The molecule has 0 aromatic heterocycles. The molecule has 6 nitrogen and oxygen atoms in total. The third kappa shape index (κ3) is 4.87. The number of carbonyl (C=O) groups is 2. The molecule has 0 fully saturated rings. The van der Waals surface area contributed by atoms with Crippen molar-refractivity contribution in [3.8, 4) is 16.9 Å². The molecule has 1 heterocycles. The van der Waals surface area contributed by atoms with Crippen LogP contribution in [0, 0.1) is 0 Å². The molecule has 170 valence electrons. The van der Waals surface area contributed by atoms with Crippen LogP contribution < -0.4 is 10.5 Å². The highest BCUT2D eigenvalue weighted by atomic mass is 19.4. The Hall–Kier alpha value is -3.49. The largest absolute Gasteiger partial charge is 0.466 e. The summed E-state index contributed by atoms with van der Waals surface area (Å²) < 4.78 is 54.4. The van der Waals surface area contributed by atoms with Crippen molar-refractivity contribution in [2.24, 2.45) is 5.73 Å². The van der Waals surface area contributed by atoms with Gasteiger partial charge in [-0.2, -0.15) is 13.2 Å². The maximum Gasteiger partial charge on any atom is 0.416 e. The fourth-order valence-electron chi connectivity index (χ4n) is 3.50. The number of fused-ring (bicyclic) bond motifs is 1. The molecule has 1 unspecified atom stereocenters. The van der Waals surface area contributed by atoms with Gasteiger partial charge in [-0.15, -0.1) is 0 Å². The molecular formula is C23H22F3NO5. The van der Waals surface area contributed by atoms with Gasteiger partial charge in [0.05, 0.1) is 25.2 Å². The standard InChI is InChI=1S/C23H22F3NO5/c1-3-30-19(28)12-17-16-11-14(13-5-8-15(9-6-13)23(24,25)26)7-10-18(16)32-21(27)20(17)22(29)31-4-2/h5-11,17H,3-4,12,27H2,1-2H3. The Balaban J connectivity index is 2.04. The molecular weight excluding hydrogens is 427 g/mol. The number of ether oxygens (including phenoxy) is 3. The Labute approximate surface area is 182 Å². The number of hydrogen-bond acceptors (Lipinski definition) is 6. The predicted octanol–water partition coefficient (Wildman–Crippen LogP) is 4.54. The fraction of sp³-hybridized carbons (Fsp3) is 0.304. The predicted molar refractivity (Wildman–Crippen MR) is 109 cm³/mol. The lowest BCUT2D eigenvalue weighted by Crippen LogP contribution is -2.28. The minimum atomic E-state index is -4.44. The van der Waals surface area contributed by atoms with Gasteiger partial charge in [-0.25, -0.2) is 4.79 Å². The first kappa shape index (κ1) is 23.2. The van der Waals surface area contributed by atoms with Gasteiger partial charge < -0.3 is 19.9 Å². The van der Waals surface area contributed by atoms with E-state index in [9.17, 15) is 22.8 Å². The molecule has 0 spiro atoms. The summed E-state index contributed by atoms with van der Waals surface area (Å²) in [5, 5.41) is 0. The fourth-order valence-corrected chi connectivity index (χ4v) is 3.50. The minimum Gasteiger partial charge on any atom is -0.466 e.